The fraction of sp³-hybridized carbons (Fsp3) is 0.259. The van der Waals surface area contributed by atoms with E-state index in [1.807, 2.05) is 31.2 Å². The standard InChI is InChI=1S/C27H23FN8O2/c1-14-2-3-16(24-34-26(38-35-24)19-10-21(19)28)8-22(14)33-25(37)20-13-31-36-7-6-15(9-23(20)36)17-11-29-27(30-12-17)32-18-4-5-18/h2-3,6-9,11-13,18-19,21H,4-5,10H2,1H3,(H,33,37)(H,29,30,32)/t19-,21-/m0/s1. The highest BCUT2D eigenvalue weighted by molar-refractivity contribution is 6.09. The van der Waals surface area contributed by atoms with E-state index in [-0.39, 0.29) is 11.8 Å². The summed E-state index contributed by atoms with van der Waals surface area (Å²) < 4.78 is 20.3. The molecule has 11 heteroatoms. The number of carbonyl (C=O) groups excluding carboxylic acids is 1. The minimum Gasteiger partial charge on any atom is -0.351 e. The summed E-state index contributed by atoms with van der Waals surface area (Å²) in [5.41, 5.74) is 4.94. The van der Waals surface area contributed by atoms with Gasteiger partial charge in [0.2, 0.25) is 17.7 Å². The summed E-state index contributed by atoms with van der Waals surface area (Å²) >= 11 is 0. The van der Waals surface area contributed by atoms with Crippen molar-refractivity contribution in [2.45, 2.75) is 44.3 Å². The molecule has 2 atom stereocenters. The van der Waals surface area contributed by atoms with Crippen molar-refractivity contribution in [3.8, 4) is 22.5 Å². The molecule has 5 aromatic rings. The lowest BCUT2D eigenvalue weighted by atomic mass is 10.1. The molecule has 1 amide bonds. The number of pyridine rings is 1. The molecule has 2 fully saturated rings. The van der Waals surface area contributed by atoms with Gasteiger partial charge in [-0.15, -0.1) is 0 Å². The van der Waals surface area contributed by atoms with Gasteiger partial charge in [-0.25, -0.2) is 18.9 Å². The Balaban J connectivity index is 1.14. The second kappa shape index (κ2) is 8.72. The molecule has 1 aromatic carbocycles. The monoisotopic (exact) mass is 510 g/mol. The fourth-order valence-electron chi connectivity index (χ4n) is 4.31. The third-order valence-corrected chi connectivity index (χ3v) is 6.88. The summed E-state index contributed by atoms with van der Waals surface area (Å²) in [6, 6.07) is 9.78. The van der Waals surface area contributed by atoms with Crippen LogP contribution in [0.3, 0.4) is 0 Å². The van der Waals surface area contributed by atoms with Gasteiger partial charge >= 0.3 is 0 Å². The summed E-state index contributed by atoms with van der Waals surface area (Å²) in [6.45, 7) is 1.90. The molecule has 0 aliphatic heterocycles. The predicted octanol–water partition coefficient (Wildman–Crippen LogP) is 4.80. The maximum atomic E-state index is 13.4. The number of anilines is 2. The zero-order valence-electron chi connectivity index (χ0n) is 20.4. The van der Waals surface area contributed by atoms with Crippen LogP contribution >= 0.6 is 0 Å². The van der Waals surface area contributed by atoms with E-state index < -0.39 is 6.17 Å². The zero-order chi connectivity index (χ0) is 25.8. The van der Waals surface area contributed by atoms with Crippen LogP contribution in [0.4, 0.5) is 16.0 Å². The summed E-state index contributed by atoms with van der Waals surface area (Å²) in [7, 11) is 0. The van der Waals surface area contributed by atoms with Crippen LogP contribution in [0.15, 0.2) is 59.6 Å². The first kappa shape index (κ1) is 22.5. The fourth-order valence-corrected chi connectivity index (χ4v) is 4.31. The average molecular weight is 511 g/mol. The Kier molecular flexibility index (Phi) is 5.17. The van der Waals surface area contributed by atoms with E-state index in [0.717, 1.165) is 29.5 Å². The quantitative estimate of drug-likeness (QED) is 0.320. The highest BCUT2D eigenvalue weighted by Crippen LogP contribution is 2.43. The van der Waals surface area contributed by atoms with Crippen molar-refractivity contribution in [3.05, 3.63) is 72.1 Å². The van der Waals surface area contributed by atoms with Crippen molar-refractivity contribution in [2.75, 3.05) is 10.6 Å². The number of fused-ring (bicyclic) bond motifs is 1. The number of halogens is 1. The molecule has 2 N–H and O–H groups in total. The Morgan fingerprint density at radius 1 is 1.08 bits per heavy atom. The van der Waals surface area contributed by atoms with E-state index in [9.17, 15) is 9.18 Å². The number of nitrogens with zero attached hydrogens (tertiary/aromatic N) is 6. The second-order valence-corrected chi connectivity index (χ2v) is 9.82. The molecular formula is C27H23FN8O2. The Hall–Kier alpha value is -4.67. The highest BCUT2D eigenvalue weighted by Gasteiger charge is 2.43. The lowest BCUT2D eigenvalue weighted by Crippen LogP contribution is -2.12. The Bertz CT molecular complexity index is 1670. The number of carbonyl (C=O) groups is 1. The second-order valence-electron chi connectivity index (χ2n) is 9.82. The van der Waals surface area contributed by atoms with E-state index in [1.165, 1.54) is 0 Å². The molecule has 0 bridgehead atoms. The summed E-state index contributed by atoms with van der Waals surface area (Å²) in [4.78, 5) is 26.5. The number of aryl methyl sites for hydroxylation is 1. The van der Waals surface area contributed by atoms with Gasteiger partial charge in [0.05, 0.1) is 23.2 Å². The topological polar surface area (TPSA) is 123 Å². The SMILES string of the molecule is Cc1ccc(-c2noc([C@H]3C[C@@H]3F)n2)cc1NC(=O)c1cnn2ccc(-c3cnc(NC4CC4)nc3)cc12. The van der Waals surface area contributed by atoms with Gasteiger partial charge in [0.25, 0.3) is 5.91 Å². The van der Waals surface area contributed by atoms with Crippen LogP contribution in [0.2, 0.25) is 0 Å². The van der Waals surface area contributed by atoms with Crippen molar-refractivity contribution in [1.29, 1.82) is 0 Å². The van der Waals surface area contributed by atoms with Crippen LogP contribution in [0, 0.1) is 6.92 Å². The van der Waals surface area contributed by atoms with Crippen LogP contribution in [-0.4, -0.2) is 47.8 Å². The first-order valence-electron chi connectivity index (χ1n) is 12.5. The Morgan fingerprint density at radius 3 is 2.66 bits per heavy atom. The predicted molar refractivity (Wildman–Crippen MR) is 138 cm³/mol. The number of alkyl halides is 1. The molecule has 0 spiro atoms. The van der Waals surface area contributed by atoms with Crippen LogP contribution in [0.5, 0.6) is 0 Å². The third-order valence-electron chi connectivity index (χ3n) is 6.88. The van der Waals surface area contributed by atoms with Gasteiger partial charge in [-0.2, -0.15) is 10.1 Å². The molecule has 0 radical (unpaired) electrons. The number of hydrogen-bond donors (Lipinski definition) is 2. The lowest BCUT2D eigenvalue weighted by Gasteiger charge is -2.09. The van der Waals surface area contributed by atoms with Gasteiger partial charge < -0.3 is 15.2 Å². The van der Waals surface area contributed by atoms with Crippen molar-refractivity contribution < 1.29 is 13.7 Å². The van der Waals surface area contributed by atoms with Crippen LogP contribution < -0.4 is 10.6 Å². The van der Waals surface area contributed by atoms with E-state index in [0.29, 0.717) is 52.5 Å². The molecule has 10 nitrogen and oxygen atoms in total. The van der Waals surface area contributed by atoms with Gasteiger partial charge in [0.1, 0.15) is 6.17 Å². The maximum Gasteiger partial charge on any atom is 0.259 e. The first-order chi connectivity index (χ1) is 18.5. The number of rotatable bonds is 7. The van der Waals surface area contributed by atoms with Crippen LogP contribution in [0.1, 0.15) is 47.0 Å². The number of hydrogen-bond acceptors (Lipinski definition) is 8. The van der Waals surface area contributed by atoms with Gasteiger partial charge in [-0.3, -0.25) is 4.79 Å². The molecule has 0 unspecified atom stereocenters. The van der Waals surface area contributed by atoms with Crippen molar-refractivity contribution >= 4 is 23.1 Å². The molecule has 7 rings (SSSR count). The van der Waals surface area contributed by atoms with Gasteiger partial charge in [0.15, 0.2) is 0 Å². The largest absolute Gasteiger partial charge is 0.351 e. The number of amides is 1. The normalized spacial score (nSPS) is 18.5. The van der Waals surface area contributed by atoms with Gasteiger partial charge in [0, 0.05) is 41.4 Å². The summed E-state index contributed by atoms with van der Waals surface area (Å²) in [6.07, 6.45) is 8.69. The average Bonchev–Trinajstić information content (AvgIpc) is 3.78. The van der Waals surface area contributed by atoms with Crippen LogP contribution in [-0.2, 0) is 0 Å². The smallest absolute Gasteiger partial charge is 0.259 e. The van der Waals surface area contributed by atoms with E-state index in [4.69, 9.17) is 4.52 Å². The maximum absolute atomic E-state index is 13.4. The number of benzene rings is 1. The van der Waals surface area contributed by atoms with E-state index >= 15 is 0 Å². The molecule has 4 heterocycles. The van der Waals surface area contributed by atoms with Gasteiger partial charge in [-0.05, 0) is 55.5 Å². The summed E-state index contributed by atoms with van der Waals surface area (Å²) in [5, 5.41) is 14.6. The van der Waals surface area contributed by atoms with Crippen LogP contribution in [0.25, 0.3) is 28.0 Å². The number of nitrogens with one attached hydrogen (secondary N) is 2. The zero-order valence-corrected chi connectivity index (χ0v) is 20.4. The molecule has 0 saturated heterocycles. The minimum absolute atomic E-state index is 0.301. The number of aromatic nitrogens is 6. The van der Waals surface area contributed by atoms with Crippen molar-refractivity contribution in [3.63, 3.8) is 0 Å². The Labute approximate surface area is 216 Å². The molecule has 38 heavy (non-hydrogen) atoms. The van der Waals surface area contributed by atoms with Gasteiger partial charge in [-0.1, -0.05) is 17.3 Å². The van der Waals surface area contributed by atoms with E-state index in [2.05, 4.69) is 35.8 Å². The highest BCUT2D eigenvalue weighted by atomic mass is 19.1. The van der Waals surface area contributed by atoms with Crippen molar-refractivity contribution in [2.24, 2.45) is 0 Å². The molecule has 190 valence electrons. The molecule has 2 aliphatic rings. The van der Waals surface area contributed by atoms with Crippen molar-refractivity contribution in [1.82, 2.24) is 29.7 Å². The lowest BCUT2D eigenvalue weighted by molar-refractivity contribution is 0.102. The molecule has 4 aromatic heterocycles. The Morgan fingerprint density at radius 2 is 1.89 bits per heavy atom. The van der Waals surface area contributed by atoms with E-state index in [1.54, 1.807) is 35.4 Å². The third kappa shape index (κ3) is 4.25. The molecular weight excluding hydrogens is 487 g/mol. The summed E-state index contributed by atoms with van der Waals surface area (Å²) in [5.74, 6) is 0.668. The molecule has 2 aliphatic carbocycles. The first-order valence-corrected chi connectivity index (χ1v) is 12.5. The minimum atomic E-state index is -0.918. The molecule has 2 saturated carbocycles.